The molecule has 0 spiro atoms. The number of nitrogens with two attached hydrogens (primary N) is 1. The van der Waals surface area contributed by atoms with Crippen LogP contribution in [0.1, 0.15) is 13.8 Å². The number of halogens is 1. The highest BCUT2D eigenvalue weighted by Gasteiger charge is 2.04. The molecule has 72 valence electrons. The first-order chi connectivity index (χ1) is 6.19. The van der Waals surface area contributed by atoms with Gasteiger partial charge in [0.1, 0.15) is 5.82 Å². The van der Waals surface area contributed by atoms with E-state index in [1.54, 1.807) is 12.1 Å². The summed E-state index contributed by atoms with van der Waals surface area (Å²) in [7, 11) is 0. The van der Waals surface area contributed by atoms with Crippen LogP contribution in [0.2, 0.25) is 0 Å². The van der Waals surface area contributed by atoms with Crippen LogP contribution in [0.3, 0.4) is 0 Å². The molecule has 2 nitrogen and oxygen atoms in total. The first-order valence-corrected chi connectivity index (χ1v) is 4.49. The summed E-state index contributed by atoms with van der Waals surface area (Å²) in [6, 6.07) is 4.82. The van der Waals surface area contributed by atoms with Crippen LogP contribution in [-0.4, -0.2) is 13.1 Å². The van der Waals surface area contributed by atoms with Crippen LogP contribution in [0, 0.1) is 5.82 Å². The maximum Gasteiger partial charge on any atom is 0.146 e. The smallest absolute Gasteiger partial charge is 0.146 e. The van der Waals surface area contributed by atoms with Crippen molar-refractivity contribution in [2.45, 2.75) is 13.8 Å². The van der Waals surface area contributed by atoms with Crippen molar-refractivity contribution in [2.24, 2.45) is 0 Å². The van der Waals surface area contributed by atoms with Gasteiger partial charge in [-0.1, -0.05) is 0 Å². The fourth-order valence-corrected chi connectivity index (χ4v) is 1.32. The number of nitrogen functional groups attached to an aromatic ring is 1. The van der Waals surface area contributed by atoms with Crippen LogP contribution in [-0.2, 0) is 0 Å². The van der Waals surface area contributed by atoms with E-state index in [2.05, 4.69) is 18.7 Å². The Kier molecular flexibility index (Phi) is 3.12. The van der Waals surface area contributed by atoms with E-state index in [0.717, 1.165) is 18.8 Å². The molecule has 0 radical (unpaired) electrons. The summed E-state index contributed by atoms with van der Waals surface area (Å²) in [4.78, 5) is 2.12. The van der Waals surface area contributed by atoms with Gasteiger partial charge in [-0.3, -0.25) is 0 Å². The highest BCUT2D eigenvalue weighted by atomic mass is 19.1. The molecule has 0 unspecified atom stereocenters. The largest absolute Gasteiger partial charge is 0.396 e. The summed E-state index contributed by atoms with van der Waals surface area (Å²) < 4.78 is 12.8. The van der Waals surface area contributed by atoms with E-state index in [1.165, 1.54) is 6.07 Å². The van der Waals surface area contributed by atoms with E-state index >= 15 is 0 Å². The van der Waals surface area contributed by atoms with Gasteiger partial charge in [0, 0.05) is 18.8 Å². The van der Waals surface area contributed by atoms with Gasteiger partial charge in [-0.25, -0.2) is 4.39 Å². The number of rotatable bonds is 3. The summed E-state index contributed by atoms with van der Waals surface area (Å²) >= 11 is 0. The number of benzene rings is 1. The Morgan fingerprint density at radius 1 is 1.31 bits per heavy atom. The summed E-state index contributed by atoms with van der Waals surface area (Å²) in [5.41, 5.74) is 6.65. The van der Waals surface area contributed by atoms with Crippen LogP contribution in [0.15, 0.2) is 18.2 Å². The fourth-order valence-electron chi connectivity index (χ4n) is 1.32. The lowest BCUT2D eigenvalue weighted by Gasteiger charge is -2.21. The van der Waals surface area contributed by atoms with Gasteiger partial charge >= 0.3 is 0 Å². The van der Waals surface area contributed by atoms with E-state index in [1.807, 2.05) is 0 Å². The van der Waals surface area contributed by atoms with Gasteiger partial charge < -0.3 is 10.6 Å². The third kappa shape index (κ3) is 2.11. The SMILES string of the molecule is CCN(CC)c1ccc(F)c(N)c1. The Hall–Kier alpha value is -1.25. The molecule has 0 aliphatic carbocycles. The molecule has 0 aromatic heterocycles. The molecule has 0 fully saturated rings. The van der Waals surface area contributed by atoms with Crippen LogP contribution in [0.4, 0.5) is 15.8 Å². The first kappa shape index (κ1) is 9.84. The highest BCUT2D eigenvalue weighted by Crippen LogP contribution is 2.19. The average Bonchev–Trinajstić information content (AvgIpc) is 2.13. The molecular weight excluding hydrogens is 167 g/mol. The third-order valence-electron chi connectivity index (χ3n) is 2.11. The van der Waals surface area contributed by atoms with Crippen LogP contribution in [0.5, 0.6) is 0 Å². The Bertz CT molecular complexity index is 282. The van der Waals surface area contributed by atoms with Crippen molar-refractivity contribution in [1.82, 2.24) is 0 Å². The van der Waals surface area contributed by atoms with Crippen molar-refractivity contribution in [2.75, 3.05) is 23.7 Å². The van der Waals surface area contributed by atoms with Gasteiger partial charge in [-0.2, -0.15) is 0 Å². The molecule has 0 amide bonds. The van der Waals surface area contributed by atoms with E-state index < -0.39 is 0 Å². The second-order valence-corrected chi connectivity index (χ2v) is 2.88. The van der Waals surface area contributed by atoms with Gasteiger partial charge in [-0.15, -0.1) is 0 Å². The van der Waals surface area contributed by atoms with E-state index in [4.69, 9.17) is 5.73 Å². The van der Waals surface area contributed by atoms with Crippen molar-refractivity contribution >= 4 is 11.4 Å². The molecule has 13 heavy (non-hydrogen) atoms. The minimum absolute atomic E-state index is 0.212. The van der Waals surface area contributed by atoms with E-state index in [9.17, 15) is 4.39 Å². The lowest BCUT2D eigenvalue weighted by Crippen LogP contribution is -2.21. The minimum Gasteiger partial charge on any atom is -0.396 e. The zero-order chi connectivity index (χ0) is 9.84. The molecule has 0 heterocycles. The summed E-state index contributed by atoms with van der Waals surface area (Å²) in [5, 5.41) is 0. The maximum absolute atomic E-state index is 12.8. The molecule has 1 aromatic rings. The first-order valence-electron chi connectivity index (χ1n) is 4.49. The molecule has 0 saturated carbocycles. The second kappa shape index (κ2) is 4.12. The molecule has 0 aliphatic heterocycles. The molecule has 0 saturated heterocycles. The van der Waals surface area contributed by atoms with Gasteiger partial charge in [0.25, 0.3) is 0 Å². The Balaban J connectivity index is 2.95. The second-order valence-electron chi connectivity index (χ2n) is 2.88. The third-order valence-corrected chi connectivity index (χ3v) is 2.11. The molecule has 2 N–H and O–H groups in total. The van der Waals surface area contributed by atoms with Crippen LogP contribution < -0.4 is 10.6 Å². The van der Waals surface area contributed by atoms with Crippen molar-refractivity contribution in [3.8, 4) is 0 Å². The minimum atomic E-state index is -0.351. The van der Waals surface area contributed by atoms with Crippen molar-refractivity contribution in [1.29, 1.82) is 0 Å². The van der Waals surface area contributed by atoms with Gasteiger partial charge in [0.15, 0.2) is 0 Å². The average molecular weight is 182 g/mol. The lowest BCUT2D eigenvalue weighted by molar-refractivity contribution is 0.632. The fraction of sp³-hybridized carbons (Fsp3) is 0.400. The predicted molar refractivity (Wildman–Crippen MR) is 54.4 cm³/mol. The number of nitrogens with zero attached hydrogens (tertiary/aromatic N) is 1. The van der Waals surface area contributed by atoms with Crippen molar-refractivity contribution in [3.05, 3.63) is 24.0 Å². The monoisotopic (exact) mass is 182 g/mol. The zero-order valence-corrected chi connectivity index (χ0v) is 8.05. The normalized spacial score (nSPS) is 10.1. The summed E-state index contributed by atoms with van der Waals surface area (Å²) in [6.45, 7) is 5.93. The molecule has 0 bridgehead atoms. The zero-order valence-electron chi connectivity index (χ0n) is 8.05. The predicted octanol–water partition coefficient (Wildman–Crippen LogP) is 2.25. The number of anilines is 2. The quantitative estimate of drug-likeness (QED) is 0.726. The molecule has 3 heteroatoms. The summed E-state index contributed by atoms with van der Waals surface area (Å²) in [5.74, 6) is -0.351. The molecule has 1 aromatic carbocycles. The van der Waals surface area contributed by atoms with Crippen LogP contribution in [0.25, 0.3) is 0 Å². The maximum atomic E-state index is 12.8. The number of hydrogen-bond donors (Lipinski definition) is 1. The van der Waals surface area contributed by atoms with Crippen LogP contribution >= 0.6 is 0 Å². The topological polar surface area (TPSA) is 29.3 Å². The Morgan fingerprint density at radius 2 is 1.92 bits per heavy atom. The lowest BCUT2D eigenvalue weighted by atomic mass is 10.2. The Morgan fingerprint density at radius 3 is 2.38 bits per heavy atom. The van der Waals surface area contributed by atoms with Crippen molar-refractivity contribution in [3.63, 3.8) is 0 Å². The molecular formula is C10H15FN2. The molecule has 0 aliphatic rings. The number of hydrogen-bond acceptors (Lipinski definition) is 2. The van der Waals surface area contributed by atoms with Crippen molar-refractivity contribution < 1.29 is 4.39 Å². The van der Waals surface area contributed by atoms with E-state index in [0.29, 0.717) is 0 Å². The van der Waals surface area contributed by atoms with E-state index in [-0.39, 0.29) is 11.5 Å². The highest BCUT2D eigenvalue weighted by molar-refractivity contribution is 5.56. The summed E-state index contributed by atoms with van der Waals surface area (Å²) in [6.07, 6.45) is 0. The molecule has 0 atom stereocenters. The standard InChI is InChI=1S/C10H15FN2/c1-3-13(4-2)8-5-6-9(11)10(12)7-8/h5-7H,3-4,12H2,1-2H3. The molecule has 1 rings (SSSR count). The van der Waals surface area contributed by atoms with Gasteiger partial charge in [-0.05, 0) is 32.0 Å². The van der Waals surface area contributed by atoms with Gasteiger partial charge in [0.05, 0.1) is 5.69 Å². The Labute approximate surface area is 78.2 Å². The van der Waals surface area contributed by atoms with Gasteiger partial charge in [0.2, 0.25) is 0 Å².